The van der Waals surface area contributed by atoms with Crippen molar-refractivity contribution in [3.8, 4) is 11.3 Å². The lowest BCUT2D eigenvalue weighted by atomic mass is 9.96. The summed E-state index contributed by atoms with van der Waals surface area (Å²) in [4.78, 5) is 38.3. The van der Waals surface area contributed by atoms with Crippen LogP contribution in [0.15, 0.2) is 24.7 Å². The van der Waals surface area contributed by atoms with Crippen molar-refractivity contribution in [2.75, 3.05) is 0 Å². The summed E-state index contributed by atoms with van der Waals surface area (Å²) in [5.74, 6) is 0.703. The normalized spacial score (nSPS) is 16.0. The highest BCUT2D eigenvalue weighted by molar-refractivity contribution is 5.91. The van der Waals surface area contributed by atoms with Crippen LogP contribution in [0.25, 0.3) is 22.3 Å². The first kappa shape index (κ1) is 21.2. The lowest BCUT2D eigenvalue weighted by Crippen LogP contribution is -2.31. The van der Waals surface area contributed by atoms with Gasteiger partial charge in [-0.05, 0) is 52.5 Å². The number of aldehydes is 1. The predicted octanol–water partition coefficient (Wildman–Crippen LogP) is 3.92. The second-order valence-electron chi connectivity index (χ2n) is 9.35. The predicted molar refractivity (Wildman–Crippen MR) is 116 cm³/mol. The molecular weight excluding hydrogens is 394 g/mol. The Morgan fingerprint density at radius 3 is 2.71 bits per heavy atom. The lowest BCUT2D eigenvalue weighted by Gasteiger charge is -2.21. The third-order valence-corrected chi connectivity index (χ3v) is 5.91. The Morgan fingerprint density at radius 1 is 1.29 bits per heavy atom. The molecule has 8 nitrogen and oxygen atoms in total. The first-order chi connectivity index (χ1) is 14.8. The van der Waals surface area contributed by atoms with Crippen LogP contribution < -0.4 is 4.84 Å². The van der Waals surface area contributed by atoms with Gasteiger partial charge in [-0.3, -0.25) is 4.68 Å². The number of carbonyl (C=O) groups is 2. The number of fused-ring (bicyclic) bond motifs is 1. The maximum atomic E-state index is 12.4. The van der Waals surface area contributed by atoms with Crippen molar-refractivity contribution in [3.63, 3.8) is 0 Å². The van der Waals surface area contributed by atoms with Crippen LogP contribution in [-0.4, -0.2) is 36.7 Å². The van der Waals surface area contributed by atoms with E-state index in [1.165, 1.54) is 17.6 Å². The fourth-order valence-corrected chi connectivity index (χ4v) is 4.22. The molecule has 1 unspecified atom stereocenters. The molecule has 0 bridgehead atoms. The molecule has 3 aromatic rings. The number of carbonyl (C=O) groups excluding carboxylic acids is 2. The zero-order valence-corrected chi connectivity index (χ0v) is 18.5. The molecule has 164 valence electrons. The monoisotopic (exact) mass is 423 g/mol. The van der Waals surface area contributed by atoms with Crippen LogP contribution in [0, 0.1) is 18.3 Å². The molecule has 0 spiro atoms. The van der Waals surface area contributed by atoms with Gasteiger partial charge in [-0.15, -0.1) is 0 Å². The van der Waals surface area contributed by atoms with Crippen LogP contribution >= 0.6 is 0 Å². The van der Waals surface area contributed by atoms with Gasteiger partial charge in [0.05, 0.1) is 23.3 Å². The van der Waals surface area contributed by atoms with E-state index >= 15 is 0 Å². The van der Waals surface area contributed by atoms with Crippen LogP contribution in [0.3, 0.4) is 0 Å². The minimum atomic E-state index is -0.629. The summed E-state index contributed by atoms with van der Waals surface area (Å²) < 4.78 is 3.32. The Morgan fingerprint density at radius 2 is 2.03 bits per heavy atom. The first-order valence-corrected chi connectivity index (χ1v) is 10.8. The van der Waals surface area contributed by atoms with Crippen LogP contribution in [0.1, 0.15) is 64.7 Å². The van der Waals surface area contributed by atoms with E-state index in [1.54, 1.807) is 33.2 Å². The van der Waals surface area contributed by atoms with Gasteiger partial charge in [0, 0.05) is 29.8 Å². The van der Waals surface area contributed by atoms with Crippen molar-refractivity contribution in [2.45, 2.75) is 65.8 Å². The first-order valence-electron chi connectivity index (χ1n) is 10.8. The van der Waals surface area contributed by atoms with Crippen molar-refractivity contribution in [3.05, 3.63) is 30.5 Å². The van der Waals surface area contributed by atoms with Gasteiger partial charge in [0.2, 0.25) is 0 Å². The number of hydrogen-bond donors (Lipinski definition) is 0. The maximum Gasteiger partial charge on any atom is 0.338 e. The molecule has 8 heteroatoms. The molecule has 0 amide bonds. The molecule has 31 heavy (non-hydrogen) atoms. The highest BCUT2D eigenvalue weighted by Crippen LogP contribution is 2.36. The number of rotatable bonds is 6. The van der Waals surface area contributed by atoms with Crippen molar-refractivity contribution in [1.29, 1.82) is 0 Å². The van der Waals surface area contributed by atoms with Gasteiger partial charge in [0.25, 0.3) is 0 Å². The SMILES string of the molecule is Cc1nc(-c2cnn(C(CC=O)C3CCCC3)c2)c2ccn(OC(=O)C(C)(C)C)c2n1. The molecule has 0 aromatic carbocycles. The van der Waals surface area contributed by atoms with Crippen molar-refractivity contribution in [2.24, 2.45) is 11.3 Å². The summed E-state index contributed by atoms with van der Waals surface area (Å²) in [6.07, 6.45) is 11.6. The van der Waals surface area contributed by atoms with E-state index in [1.807, 2.05) is 23.9 Å². The molecule has 3 heterocycles. The topological polar surface area (TPSA) is 91.9 Å². The summed E-state index contributed by atoms with van der Waals surface area (Å²) in [7, 11) is 0. The Balaban J connectivity index is 1.70. The van der Waals surface area contributed by atoms with Crippen LogP contribution in [-0.2, 0) is 9.59 Å². The zero-order valence-electron chi connectivity index (χ0n) is 18.5. The van der Waals surface area contributed by atoms with Gasteiger partial charge in [-0.1, -0.05) is 12.8 Å². The fourth-order valence-electron chi connectivity index (χ4n) is 4.22. The summed E-state index contributed by atoms with van der Waals surface area (Å²) in [6, 6.07) is 1.92. The molecule has 0 N–H and O–H groups in total. The van der Waals surface area contributed by atoms with E-state index < -0.39 is 5.41 Å². The Labute approximate surface area is 181 Å². The Kier molecular flexibility index (Phi) is 5.64. The van der Waals surface area contributed by atoms with Crippen molar-refractivity contribution >= 4 is 23.3 Å². The van der Waals surface area contributed by atoms with Crippen molar-refractivity contribution in [1.82, 2.24) is 24.5 Å². The molecule has 3 aromatic heterocycles. The average Bonchev–Trinajstić information content (AvgIpc) is 3.46. The van der Waals surface area contributed by atoms with E-state index in [4.69, 9.17) is 4.84 Å². The molecule has 1 atom stereocenters. The number of aryl methyl sites for hydroxylation is 1. The van der Waals surface area contributed by atoms with Crippen LogP contribution in [0.2, 0.25) is 0 Å². The zero-order chi connectivity index (χ0) is 22.2. The summed E-state index contributed by atoms with van der Waals surface area (Å²) in [5, 5.41) is 5.36. The largest absolute Gasteiger partial charge is 0.338 e. The van der Waals surface area contributed by atoms with Gasteiger partial charge < -0.3 is 9.63 Å². The highest BCUT2D eigenvalue weighted by atomic mass is 16.7. The van der Waals surface area contributed by atoms with Gasteiger partial charge in [0.15, 0.2) is 5.65 Å². The Hall–Kier alpha value is -3.03. The van der Waals surface area contributed by atoms with E-state index in [0.29, 0.717) is 23.8 Å². The molecule has 0 radical (unpaired) electrons. The third-order valence-electron chi connectivity index (χ3n) is 5.91. The van der Waals surface area contributed by atoms with Crippen molar-refractivity contribution < 1.29 is 14.4 Å². The summed E-state index contributed by atoms with van der Waals surface area (Å²) in [5.41, 5.74) is 1.49. The summed E-state index contributed by atoms with van der Waals surface area (Å²) >= 11 is 0. The second-order valence-corrected chi connectivity index (χ2v) is 9.35. The number of aromatic nitrogens is 5. The molecule has 4 rings (SSSR count). The Bertz CT molecular complexity index is 1100. The van der Waals surface area contributed by atoms with E-state index in [0.717, 1.165) is 35.8 Å². The molecule has 1 saturated carbocycles. The standard InChI is InChI=1S/C23H29N5O3/c1-15-25-20(18-9-11-28(21(18)26-15)31-22(30)23(2,3)4)17-13-24-27(14-17)19(10-12-29)16-7-5-6-8-16/h9,11-14,16,19H,5-8,10H2,1-4H3. The average molecular weight is 424 g/mol. The number of nitrogens with zero attached hydrogens (tertiary/aromatic N) is 5. The molecule has 1 aliphatic carbocycles. The van der Waals surface area contributed by atoms with Crippen LogP contribution in [0.4, 0.5) is 0 Å². The lowest BCUT2D eigenvalue weighted by molar-refractivity contribution is -0.152. The van der Waals surface area contributed by atoms with E-state index in [9.17, 15) is 9.59 Å². The minimum absolute atomic E-state index is 0.0736. The third kappa shape index (κ3) is 4.24. The van der Waals surface area contributed by atoms with Crippen LogP contribution in [0.5, 0.6) is 0 Å². The van der Waals surface area contributed by atoms with Gasteiger partial charge >= 0.3 is 5.97 Å². The van der Waals surface area contributed by atoms with Gasteiger partial charge in [-0.2, -0.15) is 9.83 Å². The maximum absolute atomic E-state index is 12.4. The molecule has 1 fully saturated rings. The molecular formula is C23H29N5O3. The smallest absolute Gasteiger partial charge is 0.334 e. The van der Waals surface area contributed by atoms with Gasteiger partial charge in [0.1, 0.15) is 12.1 Å². The van der Waals surface area contributed by atoms with E-state index in [2.05, 4.69) is 15.1 Å². The van der Waals surface area contributed by atoms with Gasteiger partial charge in [-0.25, -0.2) is 14.8 Å². The minimum Gasteiger partial charge on any atom is -0.334 e. The number of hydrogen-bond acceptors (Lipinski definition) is 6. The molecule has 1 aliphatic rings. The second kappa shape index (κ2) is 8.24. The highest BCUT2D eigenvalue weighted by Gasteiger charge is 2.28. The molecule has 0 aliphatic heterocycles. The summed E-state index contributed by atoms with van der Waals surface area (Å²) in [6.45, 7) is 7.23. The van der Waals surface area contributed by atoms with E-state index in [-0.39, 0.29) is 12.0 Å². The fraction of sp³-hybridized carbons (Fsp3) is 0.522. The molecule has 0 saturated heterocycles. The quantitative estimate of drug-likeness (QED) is 0.558.